The molecule has 0 saturated heterocycles. The van der Waals surface area contributed by atoms with Crippen LogP contribution in [0, 0.1) is 0 Å². The average Bonchev–Trinajstić information content (AvgIpc) is 2.32. The molecule has 0 unspecified atom stereocenters. The van der Waals surface area contributed by atoms with Crippen LogP contribution in [-0.4, -0.2) is 53.5 Å². The molecule has 1 atom stereocenters. The van der Waals surface area contributed by atoms with E-state index in [1.54, 1.807) is 0 Å². The SMILES string of the molecule is CC(C)OCCNC(=O)N[C@H](CCCC(=O)O)C(=O)O. The molecule has 0 aromatic heterocycles. The summed E-state index contributed by atoms with van der Waals surface area (Å²) in [5.41, 5.74) is 0. The third-order valence-corrected chi connectivity index (χ3v) is 2.33. The maximum Gasteiger partial charge on any atom is 0.326 e. The Morgan fingerprint density at radius 3 is 2.35 bits per heavy atom. The number of carboxylic acids is 2. The molecule has 0 radical (unpaired) electrons. The molecule has 4 N–H and O–H groups in total. The van der Waals surface area contributed by atoms with Crippen LogP contribution in [0.1, 0.15) is 33.1 Å². The second-order valence-electron chi connectivity index (χ2n) is 4.50. The quantitative estimate of drug-likeness (QED) is 0.432. The number of hydrogen-bond acceptors (Lipinski definition) is 4. The van der Waals surface area contributed by atoms with Gasteiger partial charge in [0.15, 0.2) is 0 Å². The molecule has 0 bridgehead atoms. The molecule has 0 spiro atoms. The lowest BCUT2D eigenvalue weighted by atomic mass is 10.1. The normalized spacial score (nSPS) is 11.9. The topological polar surface area (TPSA) is 125 Å². The maximum absolute atomic E-state index is 11.4. The summed E-state index contributed by atoms with van der Waals surface area (Å²) < 4.78 is 5.21. The molecule has 8 nitrogen and oxygen atoms in total. The van der Waals surface area contributed by atoms with Gasteiger partial charge in [-0.1, -0.05) is 0 Å². The van der Waals surface area contributed by atoms with Crippen molar-refractivity contribution in [1.29, 1.82) is 0 Å². The largest absolute Gasteiger partial charge is 0.481 e. The lowest BCUT2D eigenvalue weighted by Gasteiger charge is -2.15. The lowest BCUT2D eigenvalue weighted by Crippen LogP contribution is -2.46. The van der Waals surface area contributed by atoms with Crippen LogP contribution in [0.3, 0.4) is 0 Å². The van der Waals surface area contributed by atoms with E-state index in [2.05, 4.69) is 10.6 Å². The fourth-order valence-electron chi connectivity index (χ4n) is 1.38. The minimum absolute atomic E-state index is 0.0580. The molecule has 0 heterocycles. The first-order chi connectivity index (χ1) is 9.32. The van der Waals surface area contributed by atoms with E-state index < -0.39 is 24.0 Å². The first-order valence-electron chi connectivity index (χ1n) is 6.43. The number of nitrogens with one attached hydrogen (secondary N) is 2. The fourth-order valence-corrected chi connectivity index (χ4v) is 1.38. The summed E-state index contributed by atoms with van der Waals surface area (Å²) >= 11 is 0. The van der Waals surface area contributed by atoms with Crippen molar-refractivity contribution >= 4 is 18.0 Å². The fraction of sp³-hybridized carbons (Fsp3) is 0.750. The van der Waals surface area contributed by atoms with Crippen molar-refractivity contribution in [2.24, 2.45) is 0 Å². The van der Waals surface area contributed by atoms with Crippen LogP contribution in [0.5, 0.6) is 0 Å². The highest BCUT2D eigenvalue weighted by Crippen LogP contribution is 2.01. The van der Waals surface area contributed by atoms with Gasteiger partial charge in [-0.25, -0.2) is 9.59 Å². The number of rotatable bonds is 10. The van der Waals surface area contributed by atoms with E-state index in [1.807, 2.05) is 13.8 Å². The molecule has 0 rings (SSSR count). The van der Waals surface area contributed by atoms with Crippen LogP contribution in [-0.2, 0) is 14.3 Å². The summed E-state index contributed by atoms with van der Waals surface area (Å²) in [4.78, 5) is 32.7. The first-order valence-corrected chi connectivity index (χ1v) is 6.43. The summed E-state index contributed by atoms with van der Waals surface area (Å²) in [7, 11) is 0. The Bertz CT molecular complexity index is 332. The van der Waals surface area contributed by atoms with Crippen molar-refractivity contribution in [3.05, 3.63) is 0 Å². The minimum Gasteiger partial charge on any atom is -0.481 e. The Morgan fingerprint density at radius 1 is 1.20 bits per heavy atom. The van der Waals surface area contributed by atoms with E-state index in [4.69, 9.17) is 14.9 Å². The van der Waals surface area contributed by atoms with Gasteiger partial charge in [-0.2, -0.15) is 0 Å². The number of carbonyl (C=O) groups is 3. The van der Waals surface area contributed by atoms with Crippen LogP contribution < -0.4 is 10.6 Å². The van der Waals surface area contributed by atoms with Crippen molar-refractivity contribution in [1.82, 2.24) is 10.6 Å². The zero-order chi connectivity index (χ0) is 15.5. The lowest BCUT2D eigenvalue weighted by molar-refractivity contribution is -0.140. The third-order valence-electron chi connectivity index (χ3n) is 2.33. The molecule has 0 aliphatic heterocycles. The second-order valence-corrected chi connectivity index (χ2v) is 4.50. The Labute approximate surface area is 117 Å². The molecular formula is C12H22N2O6. The molecule has 0 saturated carbocycles. The Hall–Kier alpha value is -1.83. The van der Waals surface area contributed by atoms with Gasteiger partial charge in [-0.3, -0.25) is 4.79 Å². The highest BCUT2D eigenvalue weighted by molar-refractivity contribution is 5.82. The van der Waals surface area contributed by atoms with E-state index in [9.17, 15) is 14.4 Å². The van der Waals surface area contributed by atoms with Crippen molar-refractivity contribution in [2.45, 2.75) is 45.3 Å². The molecule has 0 aromatic rings. The summed E-state index contributed by atoms with van der Waals surface area (Å²) in [6.45, 7) is 4.33. The monoisotopic (exact) mass is 290 g/mol. The Kier molecular flexibility index (Phi) is 9.10. The van der Waals surface area contributed by atoms with Crippen LogP contribution in [0.2, 0.25) is 0 Å². The molecular weight excluding hydrogens is 268 g/mol. The van der Waals surface area contributed by atoms with Gasteiger partial charge in [-0.05, 0) is 26.7 Å². The highest BCUT2D eigenvalue weighted by Gasteiger charge is 2.19. The number of amides is 2. The summed E-state index contributed by atoms with van der Waals surface area (Å²) in [6.07, 6.45) is 0.179. The van der Waals surface area contributed by atoms with Crippen molar-refractivity contribution < 1.29 is 29.3 Å². The van der Waals surface area contributed by atoms with Gasteiger partial charge in [0.1, 0.15) is 6.04 Å². The molecule has 0 aliphatic rings. The average molecular weight is 290 g/mol. The van der Waals surface area contributed by atoms with Crippen molar-refractivity contribution in [3.63, 3.8) is 0 Å². The molecule has 116 valence electrons. The van der Waals surface area contributed by atoms with Gasteiger partial charge in [0, 0.05) is 13.0 Å². The third kappa shape index (κ3) is 10.1. The van der Waals surface area contributed by atoms with Gasteiger partial charge in [0.05, 0.1) is 12.7 Å². The zero-order valence-electron chi connectivity index (χ0n) is 11.7. The van der Waals surface area contributed by atoms with E-state index in [1.165, 1.54) is 0 Å². The van der Waals surface area contributed by atoms with Gasteiger partial charge in [0.25, 0.3) is 0 Å². The smallest absolute Gasteiger partial charge is 0.326 e. The number of ether oxygens (including phenoxy) is 1. The summed E-state index contributed by atoms with van der Waals surface area (Å²) in [5, 5.41) is 22.1. The van der Waals surface area contributed by atoms with E-state index in [-0.39, 0.29) is 31.9 Å². The number of carboxylic acid groups (broad SMARTS) is 2. The predicted molar refractivity (Wildman–Crippen MR) is 70.5 cm³/mol. The van der Waals surface area contributed by atoms with Crippen molar-refractivity contribution in [2.75, 3.05) is 13.2 Å². The van der Waals surface area contributed by atoms with Crippen molar-refractivity contribution in [3.8, 4) is 0 Å². The summed E-state index contributed by atoms with van der Waals surface area (Å²) in [6, 6.07) is -1.71. The molecule has 0 aromatic carbocycles. The molecule has 8 heteroatoms. The number of carbonyl (C=O) groups excluding carboxylic acids is 1. The predicted octanol–water partition coefficient (Wildman–Crippen LogP) is 0.419. The van der Waals surface area contributed by atoms with Gasteiger partial charge in [0.2, 0.25) is 0 Å². The van der Waals surface area contributed by atoms with Crippen LogP contribution >= 0.6 is 0 Å². The highest BCUT2D eigenvalue weighted by atomic mass is 16.5. The van der Waals surface area contributed by atoms with Gasteiger partial charge < -0.3 is 25.6 Å². The van der Waals surface area contributed by atoms with E-state index >= 15 is 0 Å². The number of urea groups is 1. The minimum atomic E-state index is -1.19. The molecule has 20 heavy (non-hydrogen) atoms. The number of hydrogen-bond donors (Lipinski definition) is 4. The molecule has 2 amide bonds. The molecule has 0 fully saturated rings. The van der Waals surface area contributed by atoms with E-state index in [0.29, 0.717) is 6.61 Å². The first kappa shape index (κ1) is 18.2. The summed E-state index contributed by atoms with van der Waals surface area (Å²) in [5.74, 6) is -2.19. The Morgan fingerprint density at radius 2 is 1.85 bits per heavy atom. The van der Waals surface area contributed by atoms with E-state index in [0.717, 1.165) is 0 Å². The standard InChI is InChI=1S/C12H22N2O6/c1-8(2)20-7-6-13-12(19)14-9(11(17)18)4-3-5-10(15)16/h8-9H,3-7H2,1-2H3,(H,15,16)(H,17,18)(H2,13,14,19)/t9-/m1/s1. The maximum atomic E-state index is 11.4. The van der Waals surface area contributed by atoms with Crippen LogP contribution in [0.25, 0.3) is 0 Å². The molecule has 0 aliphatic carbocycles. The second kappa shape index (κ2) is 10.0. The van der Waals surface area contributed by atoms with Gasteiger partial charge >= 0.3 is 18.0 Å². The van der Waals surface area contributed by atoms with Gasteiger partial charge in [-0.15, -0.1) is 0 Å². The van der Waals surface area contributed by atoms with Crippen LogP contribution in [0.15, 0.2) is 0 Å². The van der Waals surface area contributed by atoms with Crippen LogP contribution in [0.4, 0.5) is 4.79 Å². The number of aliphatic carboxylic acids is 2. The zero-order valence-corrected chi connectivity index (χ0v) is 11.7. The Balaban J connectivity index is 3.95.